The van der Waals surface area contributed by atoms with Crippen molar-refractivity contribution in [3.8, 4) is 0 Å². The Morgan fingerprint density at radius 3 is 2.92 bits per heavy atom. The number of carboxylic acids is 1. The minimum atomic E-state index is -1.03. The second kappa shape index (κ2) is 5.55. The zero-order valence-corrected chi connectivity index (χ0v) is 13.0. The van der Waals surface area contributed by atoms with Gasteiger partial charge in [-0.3, -0.25) is 0 Å². The molecule has 1 amide bonds. The molecule has 1 aromatic carbocycles. The van der Waals surface area contributed by atoms with Crippen LogP contribution in [0, 0.1) is 0 Å². The summed E-state index contributed by atoms with van der Waals surface area (Å²) in [6, 6.07) is 6.71. The molecule has 0 aliphatic carbocycles. The average molecular weight is 316 g/mol. The number of H-pyrrole nitrogens is 2. The van der Waals surface area contributed by atoms with Crippen molar-refractivity contribution in [1.82, 2.24) is 19.9 Å². The van der Waals surface area contributed by atoms with E-state index in [1.807, 2.05) is 42.0 Å². The molecule has 4 rings (SSSR count). The number of amides is 1. The molecule has 1 aliphatic rings. The summed E-state index contributed by atoms with van der Waals surface area (Å²) in [4.78, 5) is 36.1. The molecule has 0 saturated carbocycles. The second-order valence-electron chi connectivity index (χ2n) is 5.97. The normalized spacial score (nSPS) is 18.2. The topological polar surface area (TPSA) is 102 Å². The monoisotopic (exact) mass is 316 g/mol. The number of aliphatic carboxylic acids is 1. The Balaban J connectivity index is 1.75. The molecule has 0 saturated heterocycles. The molecule has 0 fully saturated rings. The number of benzene rings is 1. The number of fused-ring (bicyclic) bond motifs is 3. The van der Waals surface area contributed by atoms with Gasteiger partial charge in [0.25, 0.3) is 0 Å². The van der Waals surface area contributed by atoms with Crippen molar-refractivity contribution in [3.63, 3.8) is 0 Å². The summed E-state index contributed by atoms with van der Waals surface area (Å²) < 4.78 is -0.316. The first-order valence-electron chi connectivity index (χ1n) is 7.71. The molecule has 3 N–H and O–H groups in total. The molecule has 3 aromatic rings. The van der Waals surface area contributed by atoms with Gasteiger partial charge in [-0.1, -0.05) is 0 Å². The van der Waals surface area contributed by atoms with E-state index in [1.165, 1.54) is 11.2 Å². The van der Waals surface area contributed by atoms with E-state index in [0.717, 1.165) is 16.5 Å². The molecule has 1 unspecified atom stereocenters. The number of hydrogen-bond acceptors (Lipinski definition) is 3. The predicted octanol–water partition coefficient (Wildman–Crippen LogP) is 1.21. The van der Waals surface area contributed by atoms with Crippen LogP contribution in [0.5, 0.6) is 0 Å². The average Bonchev–Trinajstić information content (AvgIpc) is 3.24. The van der Waals surface area contributed by atoms with Gasteiger partial charge >= 0.3 is 146 Å². The molecule has 7 nitrogen and oxygen atoms in total. The van der Waals surface area contributed by atoms with Crippen LogP contribution in [-0.4, -0.2) is 60.6 Å². The van der Waals surface area contributed by atoms with Crippen LogP contribution < -0.4 is 0 Å². The number of para-hydroxylation sites is 1. The molecule has 24 heavy (non-hydrogen) atoms. The quantitative estimate of drug-likeness (QED) is 0.630. The van der Waals surface area contributed by atoms with E-state index in [-0.39, 0.29) is 17.0 Å². The zero-order valence-electron chi connectivity index (χ0n) is 13.0. The third-order valence-electron chi connectivity index (χ3n) is 4.61. The summed E-state index contributed by atoms with van der Waals surface area (Å²) in [5, 5.41) is 10.6. The SMILES string of the molecule is [Li][C@H]1c2c([nH]c3ccccc23)C(=O)N1C(Cc1c[nH]cn1)C(=O)O. The van der Waals surface area contributed by atoms with Gasteiger partial charge in [-0.25, -0.2) is 0 Å². The van der Waals surface area contributed by atoms with Gasteiger partial charge < -0.3 is 0 Å². The van der Waals surface area contributed by atoms with Crippen LogP contribution in [0.25, 0.3) is 10.9 Å². The molecule has 3 heterocycles. The second-order valence-corrected chi connectivity index (χ2v) is 5.97. The number of carboxylic acid groups (broad SMARTS) is 1. The number of hydrogen-bond donors (Lipinski definition) is 3. The molecular formula is C16H13LiN4O3. The summed E-state index contributed by atoms with van der Waals surface area (Å²) in [7, 11) is 0. The molecule has 0 radical (unpaired) electrons. The van der Waals surface area contributed by atoms with Gasteiger partial charge in [-0.05, 0) is 0 Å². The third-order valence-corrected chi connectivity index (χ3v) is 4.61. The van der Waals surface area contributed by atoms with Crippen LogP contribution in [0.4, 0.5) is 0 Å². The van der Waals surface area contributed by atoms with Gasteiger partial charge in [0.05, 0.1) is 0 Å². The van der Waals surface area contributed by atoms with E-state index in [9.17, 15) is 14.7 Å². The standard InChI is InChI=1S/C16H13N4O3.Li/c21-15-14-11(10-3-1-2-4-12(10)19-14)7-20(15)13(16(22)23)5-9-6-17-8-18-9;/h1-4,6-8,13,19H,5H2,(H,17,18)(H,22,23);. The summed E-state index contributed by atoms with van der Waals surface area (Å²) in [6.07, 6.45) is 3.31. The van der Waals surface area contributed by atoms with E-state index >= 15 is 0 Å². The molecular weight excluding hydrogens is 303 g/mol. The number of carbonyl (C=O) groups is 2. The Hall–Kier alpha value is -2.49. The maximum atomic E-state index is 12.9. The van der Waals surface area contributed by atoms with Crippen LogP contribution >= 0.6 is 0 Å². The molecule has 116 valence electrons. The van der Waals surface area contributed by atoms with Gasteiger partial charge in [-0.15, -0.1) is 0 Å². The van der Waals surface area contributed by atoms with Crippen LogP contribution in [-0.2, 0) is 11.2 Å². The van der Waals surface area contributed by atoms with Crippen molar-refractivity contribution in [2.75, 3.05) is 0 Å². The van der Waals surface area contributed by atoms with E-state index in [0.29, 0.717) is 11.4 Å². The van der Waals surface area contributed by atoms with E-state index in [4.69, 9.17) is 0 Å². The van der Waals surface area contributed by atoms with Crippen molar-refractivity contribution in [1.29, 1.82) is 0 Å². The number of rotatable bonds is 4. The van der Waals surface area contributed by atoms with Crippen LogP contribution in [0.2, 0.25) is 0 Å². The van der Waals surface area contributed by atoms with Gasteiger partial charge in [0.15, 0.2) is 0 Å². The van der Waals surface area contributed by atoms with Crippen LogP contribution in [0.1, 0.15) is 26.5 Å². The Morgan fingerprint density at radius 2 is 2.21 bits per heavy atom. The first-order valence-corrected chi connectivity index (χ1v) is 7.71. The molecule has 0 spiro atoms. The summed E-state index contributed by atoms with van der Waals surface area (Å²) in [5.41, 5.74) is 2.85. The zero-order chi connectivity index (χ0) is 16.8. The molecule has 2 aromatic heterocycles. The van der Waals surface area contributed by atoms with Gasteiger partial charge in [0.1, 0.15) is 0 Å². The summed E-state index contributed by atoms with van der Waals surface area (Å²) in [6.45, 7) is 0. The Morgan fingerprint density at radius 1 is 1.42 bits per heavy atom. The number of aromatic nitrogens is 3. The number of nitrogens with zero attached hydrogens (tertiary/aromatic N) is 2. The van der Waals surface area contributed by atoms with Crippen molar-refractivity contribution >= 4 is 40.5 Å². The maximum absolute atomic E-state index is 12.9. The Kier molecular flexibility index (Phi) is 3.48. The van der Waals surface area contributed by atoms with Gasteiger partial charge in [0, 0.05) is 0 Å². The molecule has 1 aliphatic heterocycles. The Bertz CT molecular complexity index is 934. The first kappa shape index (κ1) is 15.1. The first-order chi connectivity index (χ1) is 11.6. The van der Waals surface area contributed by atoms with Crippen molar-refractivity contribution < 1.29 is 14.7 Å². The van der Waals surface area contributed by atoms with Crippen molar-refractivity contribution in [3.05, 3.63) is 53.7 Å². The van der Waals surface area contributed by atoms with E-state index < -0.39 is 12.0 Å². The van der Waals surface area contributed by atoms with E-state index in [1.54, 1.807) is 6.20 Å². The molecule has 2 atom stereocenters. The number of nitrogens with one attached hydrogen (secondary N) is 2. The van der Waals surface area contributed by atoms with Crippen molar-refractivity contribution in [2.24, 2.45) is 0 Å². The predicted molar refractivity (Wildman–Crippen MR) is 86.7 cm³/mol. The van der Waals surface area contributed by atoms with Crippen LogP contribution in [0.3, 0.4) is 0 Å². The Labute approximate surface area is 146 Å². The van der Waals surface area contributed by atoms with Gasteiger partial charge in [0.2, 0.25) is 0 Å². The summed E-state index contributed by atoms with van der Waals surface area (Å²) in [5.74, 6) is -1.32. The fourth-order valence-corrected chi connectivity index (χ4v) is 3.53. The number of carbonyl (C=O) groups excluding carboxylic acids is 1. The fraction of sp³-hybridized carbons (Fsp3) is 0.188. The number of aromatic amines is 2. The van der Waals surface area contributed by atoms with Gasteiger partial charge in [-0.2, -0.15) is 0 Å². The molecule has 8 heteroatoms. The minimum absolute atomic E-state index is 0.164. The van der Waals surface area contributed by atoms with Crippen molar-refractivity contribution in [2.45, 2.75) is 17.2 Å². The van der Waals surface area contributed by atoms with E-state index in [2.05, 4.69) is 15.0 Å². The molecule has 0 bridgehead atoms. The summed E-state index contributed by atoms with van der Waals surface area (Å²) >= 11 is 1.87. The third kappa shape index (κ3) is 2.17. The fourth-order valence-electron chi connectivity index (χ4n) is 3.53. The number of imidazole rings is 1. The van der Waals surface area contributed by atoms with Crippen LogP contribution in [0.15, 0.2) is 36.8 Å².